The lowest BCUT2D eigenvalue weighted by molar-refractivity contribution is 0.417. The molecule has 0 amide bonds. The quantitative estimate of drug-likeness (QED) is 0.610. The molecule has 0 aromatic carbocycles. The maximum absolute atomic E-state index is 7.61. The molecular formula is C10H19BO2. The van der Waals surface area contributed by atoms with E-state index < -0.39 is 7.12 Å². The van der Waals surface area contributed by atoms with Gasteiger partial charge in [-0.25, -0.2) is 0 Å². The Hall–Kier alpha value is -0.795. The van der Waals surface area contributed by atoms with Crippen LogP contribution in [0.15, 0.2) is 36.5 Å². The van der Waals surface area contributed by atoms with Crippen LogP contribution in [-0.4, -0.2) is 17.2 Å². The first-order valence-electron chi connectivity index (χ1n) is 4.51. The van der Waals surface area contributed by atoms with Crippen LogP contribution < -0.4 is 0 Å². The van der Waals surface area contributed by atoms with Crippen LogP contribution in [0.3, 0.4) is 0 Å². The molecule has 3 heteroatoms. The van der Waals surface area contributed by atoms with Gasteiger partial charge in [0.25, 0.3) is 0 Å². The van der Waals surface area contributed by atoms with E-state index in [2.05, 4.69) is 24.8 Å². The number of hydrogen-bond acceptors (Lipinski definition) is 2. The van der Waals surface area contributed by atoms with E-state index in [4.69, 9.17) is 10.0 Å². The summed E-state index contributed by atoms with van der Waals surface area (Å²) in [5.74, 6) is 0. The van der Waals surface area contributed by atoms with Gasteiger partial charge in [0.2, 0.25) is 0 Å². The van der Waals surface area contributed by atoms with E-state index in [9.17, 15) is 0 Å². The predicted octanol–water partition coefficient (Wildman–Crippen LogP) is 2.17. The second-order valence-corrected chi connectivity index (χ2v) is 2.21. The molecule has 0 bridgehead atoms. The van der Waals surface area contributed by atoms with Crippen molar-refractivity contribution in [2.75, 3.05) is 0 Å². The maximum Gasteiger partial charge on any atom is 0.448 e. The molecule has 0 radical (unpaired) electrons. The van der Waals surface area contributed by atoms with Gasteiger partial charge in [0.1, 0.15) is 0 Å². The minimum atomic E-state index is -1.17. The van der Waals surface area contributed by atoms with E-state index >= 15 is 0 Å². The van der Waals surface area contributed by atoms with Gasteiger partial charge in [0.05, 0.1) is 0 Å². The molecule has 0 spiro atoms. The standard InChI is InChI=1S/C7H8.C2H6.CH5BO2/c1-2-7-5-3-4-6-7;1-2;1-2(3)4/h2-5H,1,6H2;1-2H3;3-4H,1H3. The van der Waals surface area contributed by atoms with Gasteiger partial charge >= 0.3 is 7.12 Å². The summed E-state index contributed by atoms with van der Waals surface area (Å²) in [7, 11) is -1.17. The van der Waals surface area contributed by atoms with Crippen LogP contribution in [0.25, 0.3) is 0 Å². The maximum atomic E-state index is 7.61. The van der Waals surface area contributed by atoms with Crippen molar-refractivity contribution in [3.05, 3.63) is 36.5 Å². The van der Waals surface area contributed by atoms with E-state index in [1.54, 1.807) is 0 Å². The fraction of sp³-hybridized carbons (Fsp3) is 0.400. The third-order valence-corrected chi connectivity index (χ3v) is 1.06. The van der Waals surface area contributed by atoms with Gasteiger partial charge in [0, 0.05) is 0 Å². The van der Waals surface area contributed by atoms with Crippen LogP contribution >= 0.6 is 0 Å². The molecule has 0 saturated carbocycles. The second-order valence-electron chi connectivity index (χ2n) is 2.21. The molecule has 0 fully saturated rings. The summed E-state index contributed by atoms with van der Waals surface area (Å²) in [5.41, 5.74) is 1.32. The van der Waals surface area contributed by atoms with Crippen molar-refractivity contribution in [3.8, 4) is 0 Å². The van der Waals surface area contributed by atoms with Crippen molar-refractivity contribution in [1.29, 1.82) is 0 Å². The lowest BCUT2D eigenvalue weighted by atomic mass is 9.99. The molecule has 74 valence electrons. The third kappa shape index (κ3) is 14.1. The topological polar surface area (TPSA) is 40.5 Å². The Morgan fingerprint density at radius 1 is 1.46 bits per heavy atom. The fourth-order valence-electron chi connectivity index (χ4n) is 0.615. The van der Waals surface area contributed by atoms with Crippen LogP contribution in [0.5, 0.6) is 0 Å². The Labute approximate surface area is 81.4 Å². The van der Waals surface area contributed by atoms with Crippen LogP contribution in [0.2, 0.25) is 6.82 Å². The van der Waals surface area contributed by atoms with E-state index in [1.807, 2.05) is 19.9 Å². The molecule has 0 heterocycles. The number of hydrogen-bond donors (Lipinski definition) is 2. The van der Waals surface area contributed by atoms with Crippen molar-refractivity contribution in [2.24, 2.45) is 0 Å². The Bertz CT molecular complexity index is 169. The molecular weight excluding hydrogens is 163 g/mol. The molecule has 2 N–H and O–H groups in total. The smallest absolute Gasteiger partial charge is 0.427 e. The molecule has 2 nitrogen and oxygen atoms in total. The molecule has 0 atom stereocenters. The summed E-state index contributed by atoms with van der Waals surface area (Å²) >= 11 is 0. The van der Waals surface area contributed by atoms with Crippen LogP contribution in [0, 0.1) is 0 Å². The van der Waals surface area contributed by atoms with Crippen molar-refractivity contribution in [1.82, 2.24) is 0 Å². The van der Waals surface area contributed by atoms with Crippen molar-refractivity contribution >= 4 is 7.12 Å². The average Bonchev–Trinajstić information content (AvgIpc) is 2.58. The van der Waals surface area contributed by atoms with E-state index in [0.29, 0.717) is 0 Å². The zero-order valence-electron chi connectivity index (χ0n) is 8.70. The fourth-order valence-corrected chi connectivity index (χ4v) is 0.615. The number of rotatable bonds is 1. The van der Waals surface area contributed by atoms with Gasteiger partial charge < -0.3 is 10.0 Å². The number of allylic oxidation sites excluding steroid dienone is 5. The SMILES string of the molecule is C=CC1=CC=CC1.CB(O)O.CC. The Balaban J connectivity index is 0. The lowest BCUT2D eigenvalue weighted by Gasteiger charge is -1.82. The highest BCUT2D eigenvalue weighted by atomic mass is 16.4. The molecule has 1 aliphatic carbocycles. The van der Waals surface area contributed by atoms with Gasteiger partial charge in [-0.1, -0.05) is 44.7 Å². The Morgan fingerprint density at radius 2 is 1.92 bits per heavy atom. The summed E-state index contributed by atoms with van der Waals surface area (Å²) in [6.07, 6.45) is 9.21. The van der Waals surface area contributed by atoms with E-state index in [1.165, 1.54) is 12.4 Å². The van der Waals surface area contributed by atoms with Crippen LogP contribution in [-0.2, 0) is 0 Å². The van der Waals surface area contributed by atoms with Crippen molar-refractivity contribution in [2.45, 2.75) is 27.1 Å². The van der Waals surface area contributed by atoms with Crippen molar-refractivity contribution < 1.29 is 10.0 Å². The second kappa shape index (κ2) is 11.2. The van der Waals surface area contributed by atoms with E-state index in [-0.39, 0.29) is 0 Å². The minimum absolute atomic E-state index is 1.07. The zero-order chi connectivity index (χ0) is 10.7. The normalized spacial score (nSPS) is 11.6. The molecule has 1 rings (SSSR count). The van der Waals surface area contributed by atoms with Gasteiger partial charge in [-0.15, -0.1) is 0 Å². The largest absolute Gasteiger partial charge is 0.448 e. The summed E-state index contributed by atoms with van der Waals surface area (Å²) in [6.45, 7) is 8.91. The molecule has 0 aromatic heterocycles. The molecule has 0 unspecified atom stereocenters. The average molecular weight is 182 g/mol. The zero-order valence-corrected chi connectivity index (χ0v) is 8.70. The minimum Gasteiger partial charge on any atom is -0.427 e. The summed E-state index contributed by atoms with van der Waals surface area (Å²) in [6, 6.07) is 0. The highest BCUT2D eigenvalue weighted by Gasteiger charge is 1.89. The molecule has 13 heavy (non-hydrogen) atoms. The van der Waals surface area contributed by atoms with Gasteiger partial charge in [-0.3, -0.25) is 0 Å². The van der Waals surface area contributed by atoms with E-state index in [0.717, 1.165) is 6.42 Å². The van der Waals surface area contributed by atoms with Gasteiger partial charge in [0.15, 0.2) is 0 Å². The lowest BCUT2D eigenvalue weighted by Crippen LogP contribution is -2.00. The first-order valence-corrected chi connectivity index (χ1v) is 4.51. The van der Waals surface area contributed by atoms with Crippen molar-refractivity contribution in [3.63, 3.8) is 0 Å². The summed E-state index contributed by atoms with van der Waals surface area (Å²) in [5, 5.41) is 15.2. The highest BCUT2D eigenvalue weighted by Crippen LogP contribution is 2.09. The Kier molecular flexibility index (Phi) is 12.7. The first kappa shape index (κ1) is 14.7. The van der Waals surface area contributed by atoms with Gasteiger partial charge in [-0.05, 0) is 18.8 Å². The first-order chi connectivity index (χ1) is 6.16. The summed E-state index contributed by atoms with van der Waals surface area (Å²) in [4.78, 5) is 0. The highest BCUT2D eigenvalue weighted by molar-refractivity contribution is 6.38. The molecule has 0 aromatic rings. The molecule has 1 aliphatic rings. The van der Waals surface area contributed by atoms with Crippen LogP contribution in [0.1, 0.15) is 20.3 Å². The third-order valence-electron chi connectivity index (χ3n) is 1.06. The van der Waals surface area contributed by atoms with Gasteiger partial charge in [-0.2, -0.15) is 0 Å². The monoisotopic (exact) mass is 182 g/mol. The summed E-state index contributed by atoms with van der Waals surface area (Å²) < 4.78 is 0. The molecule has 0 aliphatic heterocycles. The predicted molar refractivity (Wildman–Crippen MR) is 59.4 cm³/mol. The Morgan fingerprint density at radius 3 is 2.08 bits per heavy atom. The molecule has 0 saturated heterocycles. The van der Waals surface area contributed by atoms with Crippen LogP contribution in [0.4, 0.5) is 0 Å².